The molecule has 2 amide bonds. The Kier molecular flexibility index (Phi) is 5.92. The lowest BCUT2D eigenvalue weighted by Crippen LogP contribution is -2.13. The number of carbonyl (C=O) groups is 2. The second-order valence-electron chi connectivity index (χ2n) is 5.30. The summed E-state index contributed by atoms with van der Waals surface area (Å²) in [6.07, 6.45) is 1.39. The van der Waals surface area contributed by atoms with E-state index in [0.29, 0.717) is 23.1 Å². The number of nitrogens with one attached hydrogen (secondary N) is 2. The zero-order valence-electron chi connectivity index (χ0n) is 13.8. The Hall–Kier alpha value is -3.07. The summed E-state index contributed by atoms with van der Waals surface area (Å²) in [4.78, 5) is 24.2. The molecule has 2 N–H and O–H groups in total. The molecule has 0 fully saturated rings. The third-order valence-electron chi connectivity index (χ3n) is 3.36. The molecule has 27 heavy (non-hydrogen) atoms. The predicted octanol–water partition coefficient (Wildman–Crippen LogP) is 4.83. The van der Waals surface area contributed by atoms with Gasteiger partial charge in [-0.2, -0.15) is 8.78 Å². The highest BCUT2D eigenvalue weighted by atomic mass is 32.2. The number of benzene rings is 1. The molecule has 1 aromatic carbocycles. The van der Waals surface area contributed by atoms with Gasteiger partial charge in [-0.15, -0.1) is 0 Å². The van der Waals surface area contributed by atoms with Crippen molar-refractivity contribution >= 4 is 35.0 Å². The van der Waals surface area contributed by atoms with Gasteiger partial charge in [-0.05, 0) is 42.5 Å². The lowest BCUT2D eigenvalue weighted by atomic mass is 10.2. The maximum Gasteiger partial charge on any atom is 0.291 e. The van der Waals surface area contributed by atoms with Crippen LogP contribution in [0.2, 0.25) is 0 Å². The van der Waals surface area contributed by atoms with Gasteiger partial charge in [0.05, 0.1) is 12.0 Å². The Morgan fingerprint density at radius 2 is 1.67 bits per heavy atom. The summed E-state index contributed by atoms with van der Waals surface area (Å²) in [7, 11) is 0. The van der Waals surface area contributed by atoms with Gasteiger partial charge in [0, 0.05) is 11.4 Å². The second-order valence-corrected chi connectivity index (χ2v) is 6.28. The van der Waals surface area contributed by atoms with Gasteiger partial charge in [0.1, 0.15) is 5.76 Å². The van der Waals surface area contributed by atoms with Gasteiger partial charge in [0.15, 0.2) is 11.5 Å². The van der Waals surface area contributed by atoms with Crippen LogP contribution in [0.15, 0.2) is 63.6 Å². The highest BCUT2D eigenvalue weighted by Gasteiger charge is 2.14. The third-order valence-corrected chi connectivity index (χ3v) is 4.06. The van der Waals surface area contributed by atoms with Crippen LogP contribution in [0.5, 0.6) is 0 Å². The van der Waals surface area contributed by atoms with Crippen LogP contribution in [0.25, 0.3) is 0 Å². The van der Waals surface area contributed by atoms with E-state index in [1.165, 1.54) is 24.5 Å². The molecule has 9 heteroatoms. The molecule has 0 aliphatic rings. The number of hydrogen-bond donors (Lipinski definition) is 2. The lowest BCUT2D eigenvalue weighted by molar-refractivity contribution is 0.0989. The van der Waals surface area contributed by atoms with E-state index in [9.17, 15) is 18.4 Å². The van der Waals surface area contributed by atoms with Gasteiger partial charge in [-0.25, -0.2) is 0 Å². The van der Waals surface area contributed by atoms with Gasteiger partial charge in [0.25, 0.3) is 17.6 Å². The number of anilines is 2. The first-order chi connectivity index (χ1) is 13.0. The minimum atomic E-state index is -2.51. The van der Waals surface area contributed by atoms with Crippen molar-refractivity contribution in [1.29, 1.82) is 0 Å². The van der Waals surface area contributed by atoms with E-state index in [1.807, 2.05) is 0 Å². The number of rotatable bonds is 7. The minimum Gasteiger partial charge on any atom is -0.459 e. The molecule has 0 saturated carbocycles. The van der Waals surface area contributed by atoms with Crippen molar-refractivity contribution in [3.8, 4) is 0 Å². The Bertz CT molecular complexity index is 925. The molecule has 140 valence electrons. The Morgan fingerprint density at radius 1 is 0.963 bits per heavy atom. The number of thioether (sulfide) groups is 1. The van der Waals surface area contributed by atoms with Crippen LogP contribution >= 0.6 is 11.8 Å². The quantitative estimate of drug-likeness (QED) is 0.601. The number of amides is 2. The molecule has 6 nitrogen and oxygen atoms in total. The largest absolute Gasteiger partial charge is 0.459 e. The van der Waals surface area contributed by atoms with Crippen molar-refractivity contribution in [3.63, 3.8) is 0 Å². The topological polar surface area (TPSA) is 84.5 Å². The molecule has 0 unspecified atom stereocenters. The number of hydrogen-bond acceptors (Lipinski definition) is 5. The molecule has 0 aliphatic carbocycles. The monoisotopic (exact) mass is 392 g/mol. The van der Waals surface area contributed by atoms with Gasteiger partial charge >= 0.3 is 0 Å². The first kappa shape index (κ1) is 18.7. The van der Waals surface area contributed by atoms with Crippen LogP contribution < -0.4 is 10.6 Å². The summed E-state index contributed by atoms with van der Waals surface area (Å²) in [5.74, 6) is -3.04. The maximum absolute atomic E-state index is 12.2. The smallest absolute Gasteiger partial charge is 0.291 e. The normalized spacial score (nSPS) is 10.8. The van der Waals surface area contributed by atoms with Crippen LogP contribution in [0.3, 0.4) is 0 Å². The van der Waals surface area contributed by atoms with Gasteiger partial charge in [0.2, 0.25) is 0 Å². The molecular formula is C18H14F2N2O4S. The first-order valence-corrected chi connectivity index (χ1v) is 8.81. The molecule has 2 aromatic heterocycles. The standard InChI is InChI=1S/C18H14F2N2O4S/c19-18(20)27-10-13-6-7-15(26-13)17(24)22-12-4-1-3-11(9-12)21-16(23)14-5-2-8-25-14/h1-9,18H,10H2,(H,21,23)(H,22,24). The minimum absolute atomic E-state index is 0.00453. The van der Waals surface area contributed by atoms with E-state index in [1.54, 1.807) is 30.3 Å². The third kappa shape index (κ3) is 5.20. The average molecular weight is 392 g/mol. The number of halogens is 2. The zero-order valence-corrected chi connectivity index (χ0v) is 14.6. The van der Waals surface area contributed by atoms with Crippen molar-refractivity contribution < 1.29 is 27.2 Å². The van der Waals surface area contributed by atoms with Crippen LogP contribution in [-0.4, -0.2) is 17.6 Å². The molecule has 0 atom stereocenters. The van der Waals surface area contributed by atoms with E-state index in [4.69, 9.17) is 8.83 Å². The van der Waals surface area contributed by atoms with E-state index in [0.717, 1.165) is 0 Å². The fraction of sp³-hybridized carbons (Fsp3) is 0.111. The summed E-state index contributed by atoms with van der Waals surface area (Å²) in [6.45, 7) is 0. The highest BCUT2D eigenvalue weighted by Crippen LogP contribution is 2.22. The first-order valence-electron chi connectivity index (χ1n) is 7.76. The van der Waals surface area contributed by atoms with E-state index in [-0.39, 0.29) is 23.0 Å². The van der Waals surface area contributed by atoms with Crippen LogP contribution in [0.4, 0.5) is 20.2 Å². The fourth-order valence-electron chi connectivity index (χ4n) is 2.19. The van der Waals surface area contributed by atoms with Gasteiger partial charge in [-0.1, -0.05) is 17.8 Å². The molecule has 0 bridgehead atoms. The molecule has 3 rings (SSSR count). The predicted molar refractivity (Wildman–Crippen MR) is 97.1 cm³/mol. The zero-order chi connectivity index (χ0) is 19.2. The van der Waals surface area contributed by atoms with Crippen molar-refractivity contribution in [2.75, 3.05) is 10.6 Å². The molecule has 0 spiro atoms. The summed E-state index contributed by atoms with van der Waals surface area (Å²) in [5.41, 5.74) is 0.889. The van der Waals surface area contributed by atoms with Crippen molar-refractivity contribution in [2.24, 2.45) is 0 Å². The fourth-order valence-corrected chi connectivity index (χ4v) is 2.64. The Morgan fingerprint density at radius 3 is 2.30 bits per heavy atom. The van der Waals surface area contributed by atoms with Crippen LogP contribution in [-0.2, 0) is 5.75 Å². The summed E-state index contributed by atoms with van der Waals surface area (Å²) >= 11 is 0.413. The van der Waals surface area contributed by atoms with E-state index < -0.39 is 17.6 Å². The molecule has 0 aliphatic heterocycles. The highest BCUT2D eigenvalue weighted by molar-refractivity contribution is 7.98. The summed E-state index contributed by atoms with van der Waals surface area (Å²) in [5, 5.41) is 5.27. The van der Waals surface area contributed by atoms with Crippen LogP contribution in [0.1, 0.15) is 26.9 Å². The average Bonchev–Trinajstić information content (AvgIpc) is 3.32. The molecule has 2 heterocycles. The number of furan rings is 2. The van der Waals surface area contributed by atoms with E-state index in [2.05, 4.69) is 10.6 Å². The SMILES string of the molecule is O=C(Nc1cccc(NC(=O)c2ccc(CSC(F)F)o2)c1)c1ccco1. The van der Waals surface area contributed by atoms with Crippen molar-refractivity contribution in [3.05, 3.63) is 72.1 Å². The second kappa shape index (κ2) is 8.54. The maximum atomic E-state index is 12.2. The number of alkyl halides is 2. The summed E-state index contributed by atoms with van der Waals surface area (Å²) in [6, 6.07) is 12.5. The Labute approximate surface area is 156 Å². The van der Waals surface area contributed by atoms with Crippen molar-refractivity contribution in [2.45, 2.75) is 11.5 Å². The molecule has 3 aromatic rings. The molecular weight excluding hydrogens is 378 g/mol. The molecule has 0 saturated heterocycles. The Balaban J connectivity index is 1.62. The number of carbonyl (C=O) groups excluding carboxylic acids is 2. The summed E-state index contributed by atoms with van der Waals surface area (Å²) < 4.78 is 34.7. The van der Waals surface area contributed by atoms with Gasteiger partial charge < -0.3 is 19.5 Å². The lowest BCUT2D eigenvalue weighted by Gasteiger charge is -2.07. The van der Waals surface area contributed by atoms with Crippen LogP contribution in [0, 0.1) is 0 Å². The van der Waals surface area contributed by atoms with Gasteiger partial charge in [-0.3, -0.25) is 9.59 Å². The van der Waals surface area contributed by atoms with Crippen molar-refractivity contribution in [1.82, 2.24) is 0 Å². The molecule has 0 radical (unpaired) electrons. The van der Waals surface area contributed by atoms with E-state index >= 15 is 0 Å².